The lowest BCUT2D eigenvalue weighted by atomic mass is 10.1. The summed E-state index contributed by atoms with van der Waals surface area (Å²) in [6.45, 7) is 2.80. The Morgan fingerprint density at radius 1 is 1.33 bits per heavy atom. The molecular formula is C15H23N3O3. The number of nitrogens with two attached hydrogens (primary N) is 1. The van der Waals surface area contributed by atoms with Crippen LogP contribution in [0.3, 0.4) is 0 Å². The molecule has 0 fully saturated rings. The Morgan fingerprint density at radius 3 is 2.71 bits per heavy atom. The summed E-state index contributed by atoms with van der Waals surface area (Å²) in [5.41, 5.74) is 6.64. The Labute approximate surface area is 125 Å². The number of carbonyl (C=O) groups is 2. The minimum Gasteiger partial charge on any atom is -0.383 e. The summed E-state index contributed by atoms with van der Waals surface area (Å²) in [6, 6.07) is 6.27. The van der Waals surface area contributed by atoms with Crippen molar-refractivity contribution in [2.75, 3.05) is 25.6 Å². The predicted molar refractivity (Wildman–Crippen MR) is 82.2 cm³/mol. The lowest BCUT2D eigenvalue weighted by Gasteiger charge is -2.14. The first-order valence-electron chi connectivity index (χ1n) is 7.02. The van der Waals surface area contributed by atoms with E-state index >= 15 is 0 Å². The number of benzene rings is 1. The standard InChI is InChI=1S/C15H23N3O3/c1-3-6-12(16)15(20)18-13-8-5-4-7-11(13)14(19)17-9-10-21-2/h4-5,7-8,12H,3,6,9-10,16H2,1-2H3,(H,17,19)(H,18,20). The van der Waals surface area contributed by atoms with E-state index in [1.54, 1.807) is 31.4 Å². The number of anilines is 1. The summed E-state index contributed by atoms with van der Waals surface area (Å²) in [7, 11) is 1.56. The Hall–Kier alpha value is -1.92. The molecule has 0 spiro atoms. The number of nitrogens with one attached hydrogen (secondary N) is 2. The molecule has 0 heterocycles. The molecule has 0 aromatic heterocycles. The van der Waals surface area contributed by atoms with E-state index in [0.717, 1.165) is 6.42 Å². The molecule has 2 amide bonds. The van der Waals surface area contributed by atoms with E-state index in [0.29, 0.717) is 30.8 Å². The molecule has 0 radical (unpaired) electrons. The summed E-state index contributed by atoms with van der Waals surface area (Å²) in [4.78, 5) is 24.0. The van der Waals surface area contributed by atoms with Crippen LogP contribution in [0, 0.1) is 0 Å². The number of rotatable bonds is 8. The van der Waals surface area contributed by atoms with Crippen LogP contribution in [0.15, 0.2) is 24.3 Å². The molecule has 4 N–H and O–H groups in total. The van der Waals surface area contributed by atoms with Crippen LogP contribution < -0.4 is 16.4 Å². The molecule has 0 bridgehead atoms. The van der Waals surface area contributed by atoms with Gasteiger partial charge >= 0.3 is 0 Å². The zero-order valence-electron chi connectivity index (χ0n) is 12.5. The van der Waals surface area contributed by atoms with E-state index in [4.69, 9.17) is 10.5 Å². The van der Waals surface area contributed by atoms with E-state index in [2.05, 4.69) is 10.6 Å². The van der Waals surface area contributed by atoms with Gasteiger partial charge in [0.15, 0.2) is 0 Å². The van der Waals surface area contributed by atoms with Crippen molar-refractivity contribution in [2.45, 2.75) is 25.8 Å². The minimum absolute atomic E-state index is 0.257. The first-order chi connectivity index (χ1) is 10.1. The maximum atomic E-state index is 12.1. The molecule has 0 saturated carbocycles. The highest BCUT2D eigenvalue weighted by atomic mass is 16.5. The smallest absolute Gasteiger partial charge is 0.253 e. The molecule has 0 aliphatic heterocycles. The van der Waals surface area contributed by atoms with Crippen molar-refractivity contribution in [3.8, 4) is 0 Å². The van der Waals surface area contributed by atoms with E-state index < -0.39 is 6.04 Å². The summed E-state index contributed by atoms with van der Waals surface area (Å²) in [6.07, 6.45) is 1.43. The summed E-state index contributed by atoms with van der Waals surface area (Å²) < 4.78 is 4.88. The minimum atomic E-state index is -0.570. The maximum Gasteiger partial charge on any atom is 0.253 e. The van der Waals surface area contributed by atoms with Crippen molar-refractivity contribution in [1.82, 2.24) is 5.32 Å². The van der Waals surface area contributed by atoms with Gasteiger partial charge < -0.3 is 21.1 Å². The maximum absolute atomic E-state index is 12.1. The highest BCUT2D eigenvalue weighted by Gasteiger charge is 2.16. The van der Waals surface area contributed by atoms with Gasteiger partial charge in [-0.15, -0.1) is 0 Å². The zero-order valence-corrected chi connectivity index (χ0v) is 12.5. The van der Waals surface area contributed by atoms with Crippen LogP contribution in [0.25, 0.3) is 0 Å². The molecule has 1 aromatic carbocycles. The molecule has 1 unspecified atom stereocenters. The van der Waals surface area contributed by atoms with Crippen LogP contribution in [0.2, 0.25) is 0 Å². The van der Waals surface area contributed by atoms with Gasteiger partial charge in [0.25, 0.3) is 5.91 Å². The van der Waals surface area contributed by atoms with Crippen molar-refractivity contribution < 1.29 is 14.3 Å². The second-order valence-electron chi connectivity index (χ2n) is 4.68. The molecule has 0 aliphatic rings. The summed E-state index contributed by atoms with van der Waals surface area (Å²) >= 11 is 0. The lowest BCUT2D eigenvalue weighted by molar-refractivity contribution is -0.117. The van der Waals surface area contributed by atoms with Crippen molar-refractivity contribution >= 4 is 17.5 Å². The van der Waals surface area contributed by atoms with Gasteiger partial charge in [-0.2, -0.15) is 0 Å². The number of ether oxygens (including phenoxy) is 1. The Kier molecular flexibility index (Phi) is 7.42. The lowest BCUT2D eigenvalue weighted by Crippen LogP contribution is -2.36. The molecule has 0 saturated heterocycles. The normalized spacial score (nSPS) is 11.8. The summed E-state index contributed by atoms with van der Waals surface area (Å²) in [5.74, 6) is -0.541. The first kappa shape index (κ1) is 17.1. The Bertz CT molecular complexity index is 477. The number of methoxy groups -OCH3 is 1. The zero-order chi connectivity index (χ0) is 15.7. The largest absolute Gasteiger partial charge is 0.383 e. The van der Waals surface area contributed by atoms with Gasteiger partial charge in [-0.3, -0.25) is 9.59 Å². The van der Waals surface area contributed by atoms with Crippen LogP contribution in [0.4, 0.5) is 5.69 Å². The van der Waals surface area contributed by atoms with Gasteiger partial charge in [-0.05, 0) is 18.6 Å². The van der Waals surface area contributed by atoms with Crippen molar-refractivity contribution in [3.63, 3.8) is 0 Å². The van der Waals surface area contributed by atoms with Crippen molar-refractivity contribution in [1.29, 1.82) is 0 Å². The fraction of sp³-hybridized carbons (Fsp3) is 0.467. The number of hydrogen-bond acceptors (Lipinski definition) is 4. The fourth-order valence-electron chi connectivity index (χ4n) is 1.82. The summed E-state index contributed by atoms with van der Waals surface area (Å²) in [5, 5.41) is 5.43. The average Bonchev–Trinajstić information content (AvgIpc) is 2.48. The van der Waals surface area contributed by atoms with Gasteiger partial charge in [-0.25, -0.2) is 0 Å². The topological polar surface area (TPSA) is 93.5 Å². The number of hydrogen-bond donors (Lipinski definition) is 3. The van der Waals surface area contributed by atoms with Gasteiger partial charge in [0.2, 0.25) is 5.91 Å². The van der Waals surface area contributed by atoms with Crippen molar-refractivity contribution in [3.05, 3.63) is 29.8 Å². The predicted octanol–water partition coefficient (Wildman–Crippen LogP) is 1.13. The van der Waals surface area contributed by atoms with Gasteiger partial charge in [0.1, 0.15) is 0 Å². The molecular weight excluding hydrogens is 270 g/mol. The molecule has 116 valence electrons. The fourth-order valence-corrected chi connectivity index (χ4v) is 1.82. The Balaban J connectivity index is 2.74. The number of carbonyl (C=O) groups excluding carboxylic acids is 2. The quantitative estimate of drug-likeness (QED) is 0.626. The molecule has 21 heavy (non-hydrogen) atoms. The van der Waals surface area contributed by atoms with E-state index in [-0.39, 0.29) is 11.8 Å². The average molecular weight is 293 g/mol. The molecule has 1 rings (SSSR count). The van der Waals surface area contributed by atoms with Crippen LogP contribution in [0.5, 0.6) is 0 Å². The number of para-hydroxylation sites is 1. The second-order valence-corrected chi connectivity index (χ2v) is 4.68. The van der Waals surface area contributed by atoms with Crippen LogP contribution in [-0.4, -0.2) is 38.1 Å². The third-order valence-electron chi connectivity index (χ3n) is 2.96. The van der Waals surface area contributed by atoms with E-state index in [1.807, 2.05) is 6.92 Å². The third kappa shape index (κ3) is 5.53. The third-order valence-corrected chi connectivity index (χ3v) is 2.96. The monoisotopic (exact) mass is 293 g/mol. The van der Waals surface area contributed by atoms with Crippen LogP contribution >= 0.6 is 0 Å². The second kappa shape index (κ2) is 9.10. The number of amides is 2. The van der Waals surface area contributed by atoms with E-state index in [9.17, 15) is 9.59 Å². The SMILES string of the molecule is CCCC(N)C(=O)Nc1ccccc1C(=O)NCCOC. The molecule has 1 aromatic rings. The molecule has 6 nitrogen and oxygen atoms in total. The van der Waals surface area contributed by atoms with E-state index in [1.165, 1.54) is 0 Å². The Morgan fingerprint density at radius 2 is 2.05 bits per heavy atom. The highest BCUT2D eigenvalue weighted by Crippen LogP contribution is 2.15. The van der Waals surface area contributed by atoms with Gasteiger partial charge in [0, 0.05) is 13.7 Å². The molecule has 6 heteroatoms. The highest BCUT2D eigenvalue weighted by molar-refractivity contribution is 6.04. The van der Waals surface area contributed by atoms with Gasteiger partial charge in [-0.1, -0.05) is 25.5 Å². The molecule has 1 atom stereocenters. The molecule has 0 aliphatic carbocycles. The van der Waals surface area contributed by atoms with Crippen molar-refractivity contribution in [2.24, 2.45) is 5.73 Å². The van der Waals surface area contributed by atoms with Gasteiger partial charge in [0.05, 0.1) is 23.9 Å². The first-order valence-corrected chi connectivity index (χ1v) is 7.02. The van der Waals surface area contributed by atoms with Crippen LogP contribution in [0.1, 0.15) is 30.1 Å². The van der Waals surface area contributed by atoms with Crippen LogP contribution in [-0.2, 0) is 9.53 Å².